The molecular formula is C10H21NO3. The van der Waals surface area contributed by atoms with Gasteiger partial charge in [0.15, 0.2) is 6.29 Å². The number of hydrogen-bond donors (Lipinski definition) is 2. The molecule has 84 valence electrons. The smallest absolute Gasteiger partial charge is 0.162 e. The van der Waals surface area contributed by atoms with Gasteiger partial charge in [0.05, 0.1) is 12.0 Å². The first-order valence-electron chi connectivity index (χ1n) is 4.93. The van der Waals surface area contributed by atoms with E-state index in [1.807, 2.05) is 20.8 Å². The highest BCUT2D eigenvalue weighted by atomic mass is 16.6. The predicted molar refractivity (Wildman–Crippen MR) is 54.8 cm³/mol. The molecule has 0 fully saturated rings. The number of carbonyl (C=O) groups excluding carboxylic acids is 1. The average Bonchev–Trinajstić information content (AvgIpc) is 1.96. The Labute approximate surface area is 85.4 Å². The molecule has 0 saturated heterocycles. The SMILES string of the molecule is CC(C)(C)OC(O)CC(=O)CCCN. The molecule has 0 heterocycles. The summed E-state index contributed by atoms with van der Waals surface area (Å²) in [7, 11) is 0. The molecule has 0 amide bonds. The van der Waals surface area contributed by atoms with Crippen LogP contribution in [0.1, 0.15) is 40.0 Å². The molecule has 4 heteroatoms. The van der Waals surface area contributed by atoms with Gasteiger partial charge in [-0.25, -0.2) is 0 Å². The number of Topliss-reactive ketones (excluding diaryl/α,β-unsaturated/α-hetero) is 1. The summed E-state index contributed by atoms with van der Waals surface area (Å²) in [5.74, 6) is -0.00722. The van der Waals surface area contributed by atoms with Gasteiger partial charge in [-0.2, -0.15) is 0 Å². The van der Waals surface area contributed by atoms with Gasteiger partial charge in [0, 0.05) is 6.42 Å². The third kappa shape index (κ3) is 8.16. The van der Waals surface area contributed by atoms with Crippen molar-refractivity contribution in [1.82, 2.24) is 0 Å². The molecule has 0 aliphatic rings. The maximum Gasteiger partial charge on any atom is 0.162 e. The van der Waals surface area contributed by atoms with Gasteiger partial charge in [-0.15, -0.1) is 0 Å². The van der Waals surface area contributed by atoms with E-state index in [-0.39, 0.29) is 12.2 Å². The molecule has 0 aromatic carbocycles. The van der Waals surface area contributed by atoms with E-state index >= 15 is 0 Å². The molecule has 0 aromatic heterocycles. The number of ketones is 1. The van der Waals surface area contributed by atoms with Crippen molar-refractivity contribution in [3.8, 4) is 0 Å². The fourth-order valence-corrected chi connectivity index (χ4v) is 1.05. The normalized spacial score (nSPS) is 14.1. The number of aliphatic hydroxyl groups is 1. The summed E-state index contributed by atoms with van der Waals surface area (Å²) in [4.78, 5) is 11.2. The molecule has 1 atom stereocenters. The standard InChI is InChI=1S/C10H21NO3/c1-10(2,3)14-9(13)7-8(12)5-4-6-11/h9,13H,4-7,11H2,1-3H3. The molecule has 0 aromatic rings. The van der Waals surface area contributed by atoms with Gasteiger partial charge in [0.25, 0.3) is 0 Å². The maximum absolute atomic E-state index is 11.2. The topological polar surface area (TPSA) is 72.5 Å². The Bertz CT molecular complexity index is 175. The fourth-order valence-electron chi connectivity index (χ4n) is 1.05. The largest absolute Gasteiger partial charge is 0.368 e. The van der Waals surface area contributed by atoms with E-state index in [4.69, 9.17) is 10.5 Å². The fraction of sp³-hybridized carbons (Fsp3) is 0.900. The number of nitrogens with two attached hydrogens (primary N) is 1. The maximum atomic E-state index is 11.2. The van der Waals surface area contributed by atoms with E-state index in [0.717, 1.165) is 0 Å². The van der Waals surface area contributed by atoms with Crippen LogP contribution < -0.4 is 5.73 Å². The van der Waals surface area contributed by atoms with Crippen LogP contribution >= 0.6 is 0 Å². The van der Waals surface area contributed by atoms with Crippen molar-refractivity contribution < 1.29 is 14.6 Å². The lowest BCUT2D eigenvalue weighted by atomic mass is 10.1. The van der Waals surface area contributed by atoms with Crippen molar-refractivity contribution in [3.05, 3.63) is 0 Å². The first kappa shape index (κ1) is 13.5. The van der Waals surface area contributed by atoms with Gasteiger partial charge in [-0.05, 0) is 33.7 Å². The van der Waals surface area contributed by atoms with E-state index in [1.54, 1.807) is 0 Å². The second-order valence-corrected chi connectivity index (χ2v) is 4.32. The van der Waals surface area contributed by atoms with E-state index in [9.17, 15) is 9.90 Å². The van der Waals surface area contributed by atoms with Crippen LogP contribution in [0.25, 0.3) is 0 Å². The molecule has 4 nitrogen and oxygen atoms in total. The van der Waals surface area contributed by atoms with E-state index < -0.39 is 11.9 Å². The Hall–Kier alpha value is -0.450. The minimum atomic E-state index is -1.000. The molecule has 0 aliphatic heterocycles. The summed E-state index contributed by atoms with van der Waals surface area (Å²) in [6.07, 6.45) is 0.139. The number of aliphatic hydroxyl groups excluding tert-OH is 1. The second-order valence-electron chi connectivity index (χ2n) is 4.32. The second kappa shape index (κ2) is 6.11. The summed E-state index contributed by atoms with van der Waals surface area (Å²) < 4.78 is 5.19. The summed E-state index contributed by atoms with van der Waals surface area (Å²) in [6.45, 7) is 6.00. The zero-order valence-corrected chi connectivity index (χ0v) is 9.25. The van der Waals surface area contributed by atoms with Gasteiger partial charge in [-0.3, -0.25) is 4.79 Å². The van der Waals surface area contributed by atoms with Crippen LogP contribution in [0.2, 0.25) is 0 Å². The third-order valence-corrected chi connectivity index (χ3v) is 1.55. The zero-order chi connectivity index (χ0) is 11.2. The highest BCUT2D eigenvalue weighted by Gasteiger charge is 2.18. The molecule has 1 unspecified atom stereocenters. The van der Waals surface area contributed by atoms with Gasteiger partial charge in [0.1, 0.15) is 5.78 Å². The van der Waals surface area contributed by atoms with Crippen molar-refractivity contribution in [2.45, 2.75) is 51.9 Å². The molecule has 0 radical (unpaired) electrons. The number of rotatable bonds is 6. The molecule has 14 heavy (non-hydrogen) atoms. The van der Waals surface area contributed by atoms with Crippen LogP contribution in [0.15, 0.2) is 0 Å². The lowest BCUT2D eigenvalue weighted by Crippen LogP contribution is -2.29. The van der Waals surface area contributed by atoms with Crippen LogP contribution in [0, 0.1) is 0 Å². The van der Waals surface area contributed by atoms with Gasteiger partial charge in [-0.1, -0.05) is 0 Å². The monoisotopic (exact) mass is 203 g/mol. The van der Waals surface area contributed by atoms with Crippen molar-refractivity contribution in [3.63, 3.8) is 0 Å². The zero-order valence-electron chi connectivity index (χ0n) is 9.25. The summed E-state index contributed by atoms with van der Waals surface area (Å²) in [6, 6.07) is 0. The molecule has 0 bridgehead atoms. The lowest BCUT2D eigenvalue weighted by Gasteiger charge is -2.23. The Morgan fingerprint density at radius 1 is 1.50 bits per heavy atom. The van der Waals surface area contributed by atoms with Crippen LogP contribution in [0.3, 0.4) is 0 Å². The highest BCUT2D eigenvalue weighted by Crippen LogP contribution is 2.12. The minimum Gasteiger partial charge on any atom is -0.368 e. The first-order valence-corrected chi connectivity index (χ1v) is 4.93. The van der Waals surface area contributed by atoms with E-state index in [0.29, 0.717) is 19.4 Å². The van der Waals surface area contributed by atoms with Gasteiger partial charge in [0.2, 0.25) is 0 Å². The van der Waals surface area contributed by atoms with Crippen LogP contribution in [-0.2, 0) is 9.53 Å². The van der Waals surface area contributed by atoms with Gasteiger partial charge < -0.3 is 15.6 Å². The molecule has 0 saturated carbocycles. The summed E-state index contributed by atoms with van der Waals surface area (Å²) >= 11 is 0. The average molecular weight is 203 g/mol. The Balaban J connectivity index is 3.71. The summed E-state index contributed by atoms with van der Waals surface area (Å²) in [5, 5.41) is 9.38. The highest BCUT2D eigenvalue weighted by molar-refractivity contribution is 5.78. The Morgan fingerprint density at radius 2 is 2.07 bits per heavy atom. The summed E-state index contributed by atoms with van der Waals surface area (Å²) in [5.41, 5.74) is 4.84. The van der Waals surface area contributed by atoms with Crippen molar-refractivity contribution in [2.75, 3.05) is 6.54 Å². The molecule has 0 rings (SSSR count). The van der Waals surface area contributed by atoms with Crippen LogP contribution in [0.4, 0.5) is 0 Å². The molecular weight excluding hydrogens is 182 g/mol. The molecule has 3 N–H and O–H groups in total. The quantitative estimate of drug-likeness (QED) is 0.627. The van der Waals surface area contributed by atoms with E-state index in [1.165, 1.54) is 0 Å². The lowest BCUT2D eigenvalue weighted by molar-refractivity contribution is -0.171. The molecule has 0 spiro atoms. The minimum absolute atomic E-state index is 0.00722. The number of carbonyl (C=O) groups is 1. The van der Waals surface area contributed by atoms with Crippen LogP contribution in [-0.4, -0.2) is 29.3 Å². The van der Waals surface area contributed by atoms with Crippen LogP contribution in [0.5, 0.6) is 0 Å². The van der Waals surface area contributed by atoms with Crippen molar-refractivity contribution >= 4 is 5.78 Å². The van der Waals surface area contributed by atoms with Gasteiger partial charge >= 0.3 is 0 Å². The van der Waals surface area contributed by atoms with Crippen molar-refractivity contribution in [1.29, 1.82) is 0 Å². The Morgan fingerprint density at radius 3 is 2.50 bits per heavy atom. The van der Waals surface area contributed by atoms with E-state index in [2.05, 4.69) is 0 Å². The van der Waals surface area contributed by atoms with Crippen molar-refractivity contribution in [2.24, 2.45) is 5.73 Å². The first-order chi connectivity index (χ1) is 6.35. The number of hydrogen-bond acceptors (Lipinski definition) is 4. The predicted octanol–water partition coefficient (Wildman–Crippen LogP) is 0.818. The Kier molecular flexibility index (Phi) is 5.92. The number of ether oxygens (including phenoxy) is 1. The third-order valence-electron chi connectivity index (χ3n) is 1.55. The molecule has 0 aliphatic carbocycles.